The van der Waals surface area contributed by atoms with Gasteiger partial charge in [0.05, 0.1) is 10.5 Å². The van der Waals surface area contributed by atoms with E-state index in [2.05, 4.69) is 12.2 Å². The molecule has 1 saturated heterocycles. The largest absolute Gasteiger partial charge is 0.452 e. The first-order chi connectivity index (χ1) is 12.6. The van der Waals surface area contributed by atoms with Gasteiger partial charge in [-0.05, 0) is 51.7 Å². The summed E-state index contributed by atoms with van der Waals surface area (Å²) in [6.45, 7) is 8.63. The molecule has 0 aromatic heterocycles. The van der Waals surface area contributed by atoms with Crippen LogP contribution in [0.2, 0.25) is 0 Å². The molecular formula is C19H27N3O5. The molecule has 1 heterocycles. The number of anilines is 1. The summed E-state index contributed by atoms with van der Waals surface area (Å²) < 4.78 is 4.99. The zero-order valence-electron chi connectivity index (χ0n) is 16.3. The van der Waals surface area contributed by atoms with E-state index in [9.17, 15) is 19.7 Å². The van der Waals surface area contributed by atoms with E-state index in [0.29, 0.717) is 11.6 Å². The number of carbonyl (C=O) groups excluding carboxylic acids is 2. The van der Waals surface area contributed by atoms with Crippen molar-refractivity contribution < 1.29 is 19.2 Å². The first-order valence-corrected chi connectivity index (χ1v) is 9.08. The van der Waals surface area contributed by atoms with Gasteiger partial charge in [-0.2, -0.15) is 0 Å². The van der Waals surface area contributed by atoms with Crippen LogP contribution in [-0.4, -0.2) is 42.0 Å². The molecule has 2 rings (SSSR count). The number of benzene rings is 1. The van der Waals surface area contributed by atoms with E-state index in [0.717, 1.165) is 25.9 Å². The number of esters is 1. The number of carbonyl (C=O) groups is 2. The number of piperidine rings is 1. The normalized spacial score (nSPS) is 17.3. The van der Waals surface area contributed by atoms with Crippen molar-refractivity contribution in [1.29, 1.82) is 0 Å². The molecule has 0 aliphatic carbocycles. The second kappa shape index (κ2) is 8.37. The Morgan fingerprint density at radius 1 is 1.37 bits per heavy atom. The maximum absolute atomic E-state index is 12.2. The van der Waals surface area contributed by atoms with Crippen molar-refractivity contribution in [3.8, 4) is 0 Å². The summed E-state index contributed by atoms with van der Waals surface area (Å²) >= 11 is 0. The van der Waals surface area contributed by atoms with Gasteiger partial charge < -0.3 is 15.0 Å². The second-order valence-corrected chi connectivity index (χ2v) is 8.03. The number of nitro groups is 1. The van der Waals surface area contributed by atoms with Crippen LogP contribution in [0.25, 0.3) is 0 Å². The molecule has 1 aliphatic heterocycles. The average molecular weight is 377 g/mol. The number of amides is 1. The van der Waals surface area contributed by atoms with Crippen molar-refractivity contribution in [3.63, 3.8) is 0 Å². The summed E-state index contributed by atoms with van der Waals surface area (Å²) in [6, 6.07) is 4.31. The minimum atomic E-state index is -0.763. The molecule has 148 valence electrons. The summed E-state index contributed by atoms with van der Waals surface area (Å²) in [5.41, 5.74) is 0.000481. The van der Waals surface area contributed by atoms with Crippen molar-refractivity contribution in [3.05, 3.63) is 33.9 Å². The third-order valence-corrected chi connectivity index (χ3v) is 4.25. The fraction of sp³-hybridized carbons (Fsp3) is 0.579. The standard InChI is InChI=1S/C19H27N3O5/c1-13-6-5-9-21(11-13)15-8-7-14(10-16(15)22(25)26)18(24)27-12-17(23)20-19(2,3)4/h7-8,10,13H,5-6,9,11-12H2,1-4H3,(H,20,23). The molecule has 8 nitrogen and oxygen atoms in total. The monoisotopic (exact) mass is 377 g/mol. The van der Waals surface area contributed by atoms with E-state index in [4.69, 9.17) is 4.74 Å². The minimum absolute atomic E-state index is 0.0547. The van der Waals surface area contributed by atoms with Crippen LogP contribution >= 0.6 is 0 Å². The quantitative estimate of drug-likeness (QED) is 0.481. The number of hydrogen-bond acceptors (Lipinski definition) is 6. The van der Waals surface area contributed by atoms with Gasteiger partial charge in [0, 0.05) is 24.7 Å². The molecular weight excluding hydrogens is 350 g/mol. The van der Waals surface area contributed by atoms with Gasteiger partial charge in [-0.3, -0.25) is 14.9 Å². The third-order valence-electron chi connectivity index (χ3n) is 4.25. The van der Waals surface area contributed by atoms with Gasteiger partial charge in [-0.25, -0.2) is 4.79 Å². The molecule has 1 N–H and O–H groups in total. The molecule has 1 atom stereocenters. The van der Waals surface area contributed by atoms with Gasteiger partial charge in [0.15, 0.2) is 6.61 Å². The summed E-state index contributed by atoms with van der Waals surface area (Å²) in [5, 5.41) is 14.2. The van der Waals surface area contributed by atoms with Gasteiger partial charge >= 0.3 is 5.97 Å². The van der Waals surface area contributed by atoms with E-state index in [1.54, 1.807) is 6.07 Å². The molecule has 0 spiro atoms. The molecule has 8 heteroatoms. The summed E-state index contributed by atoms with van der Waals surface area (Å²) in [6.07, 6.45) is 2.08. The molecule has 0 bridgehead atoms. The summed E-state index contributed by atoms with van der Waals surface area (Å²) in [7, 11) is 0. The molecule has 1 fully saturated rings. The van der Waals surface area contributed by atoms with Gasteiger partial charge in [-0.1, -0.05) is 6.92 Å². The lowest BCUT2D eigenvalue weighted by Gasteiger charge is -2.32. The Bertz CT molecular complexity index is 727. The Labute approximate surface area is 159 Å². The van der Waals surface area contributed by atoms with Crippen LogP contribution in [0.4, 0.5) is 11.4 Å². The number of ether oxygens (including phenoxy) is 1. The van der Waals surface area contributed by atoms with Gasteiger partial charge in [-0.15, -0.1) is 0 Å². The molecule has 1 unspecified atom stereocenters. The Kier molecular flexibility index (Phi) is 6.41. The number of nitro benzene ring substituents is 1. The van der Waals surface area contributed by atoms with E-state index < -0.39 is 28.9 Å². The summed E-state index contributed by atoms with van der Waals surface area (Å²) in [4.78, 5) is 37.0. The van der Waals surface area contributed by atoms with E-state index in [1.165, 1.54) is 12.1 Å². The number of hydrogen-bond donors (Lipinski definition) is 1. The van der Waals surface area contributed by atoms with Crippen molar-refractivity contribution in [2.45, 2.75) is 46.1 Å². The van der Waals surface area contributed by atoms with Crippen molar-refractivity contribution in [2.75, 3.05) is 24.6 Å². The lowest BCUT2D eigenvalue weighted by molar-refractivity contribution is -0.384. The highest BCUT2D eigenvalue weighted by Crippen LogP contribution is 2.32. The fourth-order valence-corrected chi connectivity index (χ4v) is 3.14. The highest BCUT2D eigenvalue weighted by molar-refractivity contribution is 5.93. The predicted octanol–water partition coefficient (Wildman–Crippen LogP) is 2.90. The maximum Gasteiger partial charge on any atom is 0.338 e. The first kappa shape index (κ1) is 20.7. The van der Waals surface area contributed by atoms with Gasteiger partial charge in [0.25, 0.3) is 11.6 Å². The Morgan fingerprint density at radius 2 is 2.07 bits per heavy atom. The Hall–Kier alpha value is -2.64. The van der Waals surface area contributed by atoms with Crippen LogP contribution in [0.1, 0.15) is 50.9 Å². The van der Waals surface area contributed by atoms with E-state index in [1.807, 2.05) is 25.7 Å². The van der Waals surface area contributed by atoms with Crippen molar-refractivity contribution in [2.24, 2.45) is 5.92 Å². The number of rotatable bonds is 5. The van der Waals surface area contributed by atoms with Crippen LogP contribution in [0.5, 0.6) is 0 Å². The molecule has 0 radical (unpaired) electrons. The highest BCUT2D eigenvalue weighted by Gasteiger charge is 2.26. The molecule has 1 amide bonds. The van der Waals surface area contributed by atoms with Gasteiger partial charge in [0.1, 0.15) is 5.69 Å². The lowest BCUT2D eigenvalue weighted by atomic mass is 9.99. The predicted molar refractivity (Wildman–Crippen MR) is 102 cm³/mol. The maximum atomic E-state index is 12.2. The number of nitrogens with one attached hydrogen (secondary N) is 1. The van der Waals surface area contributed by atoms with Crippen molar-refractivity contribution in [1.82, 2.24) is 5.32 Å². The minimum Gasteiger partial charge on any atom is -0.452 e. The zero-order chi connectivity index (χ0) is 20.2. The van der Waals surface area contributed by atoms with E-state index in [-0.39, 0.29) is 11.3 Å². The SMILES string of the molecule is CC1CCCN(c2ccc(C(=O)OCC(=O)NC(C)(C)C)cc2[N+](=O)[O-])C1. The first-order valence-electron chi connectivity index (χ1n) is 9.08. The van der Waals surface area contributed by atoms with Crippen molar-refractivity contribution >= 4 is 23.3 Å². The molecule has 0 saturated carbocycles. The topological polar surface area (TPSA) is 102 Å². The molecule has 1 aromatic carbocycles. The van der Waals surface area contributed by atoms with Crippen LogP contribution in [-0.2, 0) is 9.53 Å². The Morgan fingerprint density at radius 3 is 2.67 bits per heavy atom. The van der Waals surface area contributed by atoms with E-state index >= 15 is 0 Å². The van der Waals surface area contributed by atoms with Crippen LogP contribution in [0.3, 0.4) is 0 Å². The number of nitrogens with zero attached hydrogens (tertiary/aromatic N) is 2. The lowest BCUT2D eigenvalue weighted by Crippen LogP contribution is -2.42. The molecule has 1 aliphatic rings. The van der Waals surface area contributed by atoms with Crippen LogP contribution in [0, 0.1) is 16.0 Å². The van der Waals surface area contributed by atoms with Gasteiger partial charge in [0.2, 0.25) is 0 Å². The second-order valence-electron chi connectivity index (χ2n) is 8.03. The van der Waals surface area contributed by atoms with Crippen LogP contribution in [0.15, 0.2) is 18.2 Å². The Balaban J connectivity index is 2.11. The molecule has 1 aromatic rings. The zero-order valence-corrected chi connectivity index (χ0v) is 16.3. The smallest absolute Gasteiger partial charge is 0.338 e. The fourth-order valence-electron chi connectivity index (χ4n) is 3.14. The van der Waals surface area contributed by atoms with Crippen LogP contribution < -0.4 is 10.2 Å². The average Bonchev–Trinajstić information content (AvgIpc) is 2.57. The third kappa shape index (κ3) is 5.94. The highest BCUT2D eigenvalue weighted by atomic mass is 16.6. The molecule has 27 heavy (non-hydrogen) atoms. The summed E-state index contributed by atoms with van der Waals surface area (Å²) in [5.74, 6) is -0.727.